The van der Waals surface area contributed by atoms with Crippen molar-refractivity contribution in [3.63, 3.8) is 0 Å². The summed E-state index contributed by atoms with van der Waals surface area (Å²) < 4.78 is 11.4. The van der Waals surface area contributed by atoms with Crippen LogP contribution < -0.4 is 15.2 Å². The molecular weight excluding hydrogens is 358 g/mol. The van der Waals surface area contributed by atoms with E-state index in [1.54, 1.807) is 14.2 Å². The molecule has 120 valence electrons. The Balaban J connectivity index is 0.00000220. The van der Waals surface area contributed by atoms with Crippen LogP contribution >= 0.6 is 28.3 Å². The van der Waals surface area contributed by atoms with Crippen LogP contribution in [0.2, 0.25) is 0 Å². The van der Waals surface area contributed by atoms with Crippen LogP contribution in [-0.4, -0.2) is 25.4 Å². The Bertz CT molecular complexity index is 466. The van der Waals surface area contributed by atoms with E-state index in [9.17, 15) is 5.11 Å². The van der Waals surface area contributed by atoms with E-state index < -0.39 is 12.1 Å². The van der Waals surface area contributed by atoms with Gasteiger partial charge in [-0.25, -0.2) is 0 Å². The van der Waals surface area contributed by atoms with E-state index in [4.69, 9.17) is 15.2 Å². The predicted molar refractivity (Wildman–Crippen MR) is 89.4 cm³/mol. The summed E-state index contributed by atoms with van der Waals surface area (Å²) in [6.07, 6.45) is 3.95. The third-order valence-electron chi connectivity index (χ3n) is 4.11. The van der Waals surface area contributed by atoms with Crippen LogP contribution in [-0.2, 0) is 0 Å². The van der Waals surface area contributed by atoms with Crippen molar-refractivity contribution in [2.75, 3.05) is 14.2 Å². The fourth-order valence-electron chi connectivity index (χ4n) is 2.90. The maximum Gasteiger partial charge on any atom is 0.161 e. The van der Waals surface area contributed by atoms with Gasteiger partial charge in [0.05, 0.1) is 26.4 Å². The number of benzene rings is 1. The normalized spacial score (nSPS) is 18.0. The Morgan fingerprint density at radius 1 is 1.19 bits per heavy atom. The first-order valence-electron chi connectivity index (χ1n) is 6.93. The first kappa shape index (κ1) is 18.6. The summed E-state index contributed by atoms with van der Waals surface area (Å²) in [7, 11) is 3.19. The third-order valence-corrected chi connectivity index (χ3v) is 4.80. The van der Waals surface area contributed by atoms with E-state index in [-0.39, 0.29) is 12.4 Å². The molecule has 0 unspecified atom stereocenters. The number of methoxy groups -OCH3 is 2. The molecule has 0 aromatic heterocycles. The molecule has 1 aliphatic carbocycles. The number of aliphatic hydroxyl groups excluding tert-OH is 1. The van der Waals surface area contributed by atoms with Crippen LogP contribution in [0.5, 0.6) is 11.5 Å². The monoisotopic (exact) mass is 379 g/mol. The lowest BCUT2D eigenvalue weighted by Crippen LogP contribution is -2.32. The van der Waals surface area contributed by atoms with Crippen molar-refractivity contribution >= 4 is 28.3 Å². The molecule has 0 spiro atoms. The first-order valence-corrected chi connectivity index (χ1v) is 7.72. The summed E-state index contributed by atoms with van der Waals surface area (Å²) in [5, 5.41) is 10.5. The zero-order chi connectivity index (χ0) is 14.7. The molecule has 1 aliphatic rings. The minimum Gasteiger partial charge on any atom is -0.493 e. The Labute approximate surface area is 140 Å². The van der Waals surface area contributed by atoms with Crippen LogP contribution in [0.4, 0.5) is 0 Å². The Morgan fingerprint density at radius 2 is 1.71 bits per heavy atom. The highest BCUT2D eigenvalue weighted by Gasteiger charge is 2.30. The summed E-state index contributed by atoms with van der Waals surface area (Å²) >= 11 is 3.50. The van der Waals surface area contributed by atoms with Gasteiger partial charge in [0.25, 0.3) is 0 Å². The molecule has 0 amide bonds. The molecule has 0 radical (unpaired) electrons. The second-order valence-electron chi connectivity index (χ2n) is 5.29. The van der Waals surface area contributed by atoms with Crippen molar-refractivity contribution in [1.82, 2.24) is 0 Å². The Hall–Kier alpha value is -0.490. The largest absolute Gasteiger partial charge is 0.493 e. The van der Waals surface area contributed by atoms with E-state index in [1.807, 2.05) is 12.1 Å². The highest BCUT2D eigenvalue weighted by molar-refractivity contribution is 9.10. The highest BCUT2D eigenvalue weighted by atomic mass is 79.9. The molecule has 2 rings (SSSR count). The Kier molecular flexibility index (Phi) is 7.27. The van der Waals surface area contributed by atoms with Crippen molar-refractivity contribution in [3.05, 3.63) is 22.2 Å². The molecule has 1 fully saturated rings. The number of nitrogens with two attached hydrogens (primary N) is 1. The van der Waals surface area contributed by atoms with E-state index >= 15 is 0 Å². The average Bonchev–Trinajstić information content (AvgIpc) is 2.99. The van der Waals surface area contributed by atoms with Crippen LogP contribution in [0.3, 0.4) is 0 Å². The molecule has 2 atom stereocenters. The van der Waals surface area contributed by atoms with Gasteiger partial charge in [-0.15, -0.1) is 12.4 Å². The van der Waals surface area contributed by atoms with Crippen molar-refractivity contribution in [2.24, 2.45) is 11.7 Å². The quantitative estimate of drug-likeness (QED) is 0.821. The molecule has 1 aromatic carbocycles. The van der Waals surface area contributed by atoms with Crippen molar-refractivity contribution < 1.29 is 14.6 Å². The van der Waals surface area contributed by atoms with Crippen molar-refractivity contribution in [1.29, 1.82) is 0 Å². The van der Waals surface area contributed by atoms with Crippen molar-refractivity contribution in [3.8, 4) is 11.5 Å². The van der Waals surface area contributed by atoms with Gasteiger partial charge in [-0.05, 0) is 36.5 Å². The molecule has 3 N–H and O–H groups in total. The minimum atomic E-state index is -0.521. The number of halogens is 2. The maximum absolute atomic E-state index is 10.5. The van der Waals surface area contributed by atoms with Gasteiger partial charge in [0.2, 0.25) is 0 Å². The Morgan fingerprint density at radius 3 is 2.24 bits per heavy atom. The lowest BCUT2D eigenvalue weighted by molar-refractivity contribution is 0.0842. The summed E-state index contributed by atoms with van der Waals surface area (Å²) in [6.45, 7) is 0. The van der Waals surface area contributed by atoms with Gasteiger partial charge in [0.15, 0.2) is 11.5 Å². The molecule has 1 aromatic rings. The van der Waals surface area contributed by atoms with Crippen molar-refractivity contribution in [2.45, 2.75) is 37.8 Å². The molecule has 4 nitrogen and oxygen atoms in total. The summed E-state index contributed by atoms with van der Waals surface area (Å²) in [6, 6.07) is 3.24. The van der Waals surface area contributed by atoms with Gasteiger partial charge in [0.1, 0.15) is 0 Å². The molecule has 21 heavy (non-hydrogen) atoms. The SMILES string of the molecule is COc1cc(Br)c([C@H](N)[C@H](O)C2CCCC2)cc1OC.Cl. The van der Waals surface area contributed by atoms with E-state index in [2.05, 4.69) is 15.9 Å². The number of rotatable bonds is 5. The van der Waals surface area contributed by atoms with E-state index in [0.717, 1.165) is 22.9 Å². The van der Waals surface area contributed by atoms with Crippen LogP contribution in [0.15, 0.2) is 16.6 Å². The predicted octanol–water partition coefficient (Wildman–Crippen LogP) is 3.44. The van der Waals surface area contributed by atoms with Gasteiger partial charge in [-0.1, -0.05) is 28.8 Å². The number of hydrogen-bond acceptors (Lipinski definition) is 4. The highest BCUT2D eigenvalue weighted by Crippen LogP contribution is 2.39. The molecule has 0 bridgehead atoms. The number of aliphatic hydroxyl groups is 1. The summed E-state index contributed by atoms with van der Waals surface area (Å²) in [5.74, 6) is 1.57. The molecule has 1 saturated carbocycles. The van der Waals surface area contributed by atoms with Crippen LogP contribution in [0.25, 0.3) is 0 Å². The molecule has 0 saturated heterocycles. The fraction of sp³-hybridized carbons (Fsp3) is 0.600. The smallest absolute Gasteiger partial charge is 0.161 e. The van der Waals surface area contributed by atoms with Crippen LogP contribution in [0, 0.1) is 5.92 Å². The zero-order valence-corrected chi connectivity index (χ0v) is 14.7. The standard InChI is InChI=1S/C15H22BrNO3.ClH/c1-19-12-7-10(11(16)8-13(12)20-2)14(17)15(18)9-5-3-4-6-9;/h7-9,14-15,18H,3-6,17H2,1-2H3;1H/t14-,15+;/m0./s1. The molecule has 6 heteroatoms. The second-order valence-corrected chi connectivity index (χ2v) is 6.14. The summed E-state index contributed by atoms with van der Waals surface area (Å²) in [5.41, 5.74) is 7.11. The maximum atomic E-state index is 10.5. The molecule has 0 aliphatic heterocycles. The summed E-state index contributed by atoms with van der Waals surface area (Å²) in [4.78, 5) is 0. The average molecular weight is 381 g/mol. The lowest BCUT2D eigenvalue weighted by Gasteiger charge is -2.26. The second kappa shape index (κ2) is 8.22. The minimum absolute atomic E-state index is 0. The van der Waals surface area contributed by atoms with Gasteiger partial charge in [-0.2, -0.15) is 0 Å². The molecular formula is C15H23BrClNO3. The molecule has 0 heterocycles. The van der Waals surface area contributed by atoms with E-state index in [0.29, 0.717) is 17.4 Å². The van der Waals surface area contributed by atoms with Crippen LogP contribution in [0.1, 0.15) is 37.3 Å². The zero-order valence-electron chi connectivity index (χ0n) is 12.3. The van der Waals surface area contributed by atoms with Gasteiger partial charge in [-0.3, -0.25) is 0 Å². The van der Waals surface area contributed by atoms with Gasteiger partial charge >= 0.3 is 0 Å². The number of ether oxygens (including phenoxy) is 2. The lowest BCUT2D eigenvalue weighted by atomic mass is 9.91. The topological polar surface area (TPSA) is 64.7 Å². The van der Waals surface area contributed by atoms with Gasteiger partial charge in [0, 0.05) is 4.47 Å². The number of hydrogen-bond donors (Lipinski definition) is 2. The van der Waals surface area contributed by atoms with Gasteiger partial charge < -0.3 is 20.3 Å². The first-order chi connectivity index (χ1) is 9.58. The third kappa shape index (κ3) is 4.03. The fourth-order valence-corrected chi connectivity index (χ4v) is 3.49. The van der Waals surface area contributed by atoms with E-state index in [1.165, 1.54) is 12.8 Å².